The second kappa shape index (κ2) is 5.68. The topological polar surface area (TPSA) is 38.0 Å². The van der Waals surface area contributed by atoms with E-state index in [2.05, 4.69) is 5.32 Å². The zero-order chi connectivity index (χ0) is 14.0. The average Bonchev–Trinajstić information content (AvgIpc) is 2.36. The highest BCUT2D eigenvalue weighted by Gasteiger charge is 2.10. The van der Waals surface area contributed by atoms with Gasteiger partial charge in [0.25, 0.3) is 0 Å². The van der Waals surface area contributed by atoms with Gasteiger partial charge in [-0.2, -0.15) is 0 Å². The molecule has 0 aliphatic rings. The number of rotatable bonds is 3. The molecule has 5 heteroatoms. The normalized spacial score (nSPS) is 12.2. The molecule has 0 radical (unpaired) electrons. The molecule has 19 heavy (non-hydrogen) atoms. The maximum atomic E-state index is 13.4. The fraction of sp³-hybridized carbons (Fsp3) is 0.143. The summed E-state index contributed by atoms with van der Waals surface area (Å²) in [6.45, 7) is 1.94. The first-order chi connectivity index (χ1) is 8.97. The molecule has 3 N–H and O–H groups in total. The van der Waals surface area contributed by atoms with Gasteiger partial charge in [0.1, 0.15) is 5.82 Å². The van der Waals surface area contributed by atoms with Crippen molar-refractivity contribution in [2.45, 2.75) is 13.0 Å². The molecule has 2 nitrogen and oxygen atoms in total. The summed E-state index contributed by atoms with van der Waals surface area (Å²) in [7, 11) is 0. The average molecular weight is 299 g/mol. The Morgan fingerprint density at radius 2 is 1.95 bits per heavy atom. The lowest BCUT2D eigenvalue weighted by atomic mass is 10.1. The molecule has 0 bridgehead atoms. The molecule has 100 valence electrons. The molecule has 0 aliphatic heterocycles. The lowest BCUT2D eigenvalue weighted by molar-refractivity contribution is 0.628. The van der Waals surface area contributed by atoms with Crippen LogP contribution in [0, 0.1) is 5.82 Å². The number of nitrogens with two attached hydrogens (primary N) is 1. The second-order valence-electron chi connectivity index (χ2n) is 4.27. The van der Waals surface area contributed by atoms with Gasteiger partial charge in [-0.3, -0.25) is 0 Å². The van der Waals surface area contributed by atoms with Crippen molar-refractivity contribution in [2.75, 3.05) is 11.1 Å². The van der Waals surface area contributed by atoms with Gasteiger partial charge in [-0.05, 0) is 30.7 Å². The van der Waals surface area contributed by atoms with Crippen LogP contribution in [0.2, 0.25) is 10.0 Å². The predicted octanol–water partition coefficient (Wildman–Crippen LogP) is 4.89. The molecule has 0 spiro atoms. The summed E-state index contributed by atoms with van der Waals surface area (Å²) in [5.74, 6) is -0.503. The van der Waals surface area contributed by atoms with E-state index in [1.165, 1.54) is 12.1 Å². The predicted molar refractivity (Wildman–Crippen MR) is 79.3 cm³/mol. The molecule has 0 heterocycles. The molecule has 0 saturated carbocycles. The van der Waals surface area contributed by atoms with Crippen LogP contribution in [-0.2, 0) is 0 Å². The van der Waals surface area contributed by atoms with E-state index in [0.29, 0.717) is 16.4 Å². The highest BCUT2D eigenvalue weighted by Crippen LogP contribution is 2.29. The Labute approximate surface area is 121 Å². The minimum absolute atomic E-state index is 0.0125. The first-order valence-electron chi connectivity index (χ1n) is 5.74. The maximum absolute atomic E-state index is 13.4. The number of benzene rings is 2. The summed E-state index contributed by atoms with van der Waals surface area (Å²) < 4.78 is 13.4. The largest absolute Gasteiger partial charge is 0.397 e. The third-order valence-electron chi connectivity index (χ3n) is 2.81. The number of nitrogen functional groups attached to an aromatic ring is 1. The van der Waals surface area contributed by atoms with Gasteiger partial charge < -0.3 is 11.1 Å². The first kappa shape index (κ1) is 14.0. The van der Waals surface area contributed by atoms with Gasteiger partial charge in [-0.25, -0.2) is 4.39 Å². The molecule has 0 amide bonds. The van der Waals surface area contributed by atoms with Crippen LogP contribution in [0.5, 0.6) is 0 Å². The smallest absolute Gasteiger partial charge is 0.143 e. The van der Waals surface area contributed by atoms with Crippen molar-refractivity contribution in [3.05, 3.63) is 57.8 Å². The summed E-state index contributed by atoms with van der Waals surface area (Å²) in [6.07, 6.45) is 0. The van der Waals surface area contributed by atoms with Crippen molar-refractivity contribution < 1.29 is 4.39 Å². The van der Waals surface area contributed by atoms with Crippen molar-refractivity contribution in [2.24, 2.45) is 0 Å². The molecule has 2 aromatic rings. The Kier molecular flexibility index (Phi) is 4.17. The molecule has 0 aromatic heterocycles. The first-order valence-corrected chi connectivity index (χ1v) is 6.49. The minimum atomic E-state index is -0.503. The molecule has 1 atom stereocenters. The van der Waals surface area contributed by atoms with E-state index < -0.39 is 5.82 Å². The van der Waals surface area contributed by atoms with E-state index in [9.17, 15) is 4.39 Å². The zero-order valence-electron chi connectivity index (χ0n) is 10.3. The Hall–Kier alpha value is -1.45. The van der Waals surface area contributed by atoms with Crippen LogP contribution < -0.4 is 11.1 Å². The van der Waals surface area contributed by atoms with E-state index in [-0.39, 0.29) is 11.1 Å². The van der Waals surface area contributed by atoms with Gasteiger partial charge in [0.05, 0.1) is 16.4 Å². The summed E-state index contributed by atoms with van der Waals surface area (Å²) in [4.78, 5) is 0. The van der Waals surface area contributed by atoms with Crippen LogP contribution in [0.3, 0.4) is 0 Å². The molecular formula is C14H13Cl2FN2. The Balaban J connectivity index is 2.24. The van der Waals surface area contributed by atoms with Crippen molar-refractivity contribution in [1.29, 1.82) is 0 Å². The number of hydrogen-bond acceptors (Lipinski definition) is 2. The molecular weight excluding hydrogens is 286 g/mol. The fourth-order valence-corrected chi connectivity index (χ4v) is 2.15. The van der Waals surface area contributed by atoms with Gasteiger partial charge in [0, 0.05) is 17.1 Å². The molecule has 0 aliphatic carbocycles. The third kappa shape index (κ3) is 3.31. The highest BCUT2D eigenvalue weighted by molar-refractivity contribution is 6.31. The van der Waals surface area contributed by atoms with E-state index >= 15 is 0 Å². The minimum Gasteiger partial charge on any atom is -0.397 e. The molecule has 1 unspecified atom stereocenters. The van der Waals surface area contributed by atoms with Crippen molar-refractivity contribution in [3.8, 4) is 0 Å². The van der Waals surface area contributed by atoms with Crippen molar-refractivity contribution in [1.82, 2.24) is 0 Å². The zero-order valence-corrected chi connectivity index (χ0v) is 11.8. The standard InChI is InChI=1S/C14H13Cl2FN2/c1-8(9-3-2-4-10(15)5-9)19-14-7-12(17)11(16)6-13(14)18/h2-8,19H,18H2,1H3. The maximum Gasteiger partial charge on any atom is 0.143 e. The summed E-state index contributed by atoms with van der Waals surface area (Å²) in [5.41, 5.74) is 7.71. The Morgan fingerprint density at radius 3 is 2.63 bits per heavy atom. The van der Waals surface area contributed by atoms with Gasteiger partial charge in [-0.1, -0.05) is 35.3 Å². The van der Waals surface area contributed by atoms with Gasteiger partial charge in [0.15, 0.2) is 0 Å². The SMILES string of the molecule is CC(Nc1cc(F)c(Cl)cc1N)c1cccc(Cl)c1. The second-order valence-corrected chi connectivity index (χ2v) is 5.12. The van der Waals surface area contributed by atoms with Crippen LogP contribution in [0.4, 0.5) is 15.8 Å². The number of anilines is 2. The van der Waals surface area contributed by atoms with Crippen LogP contribution in [-0.4, -0.2) is 0 Å². The van der Waals surface area contributed by atoms with Crippen LogP contribution >= 0.6 is 23.2 Å². The lowest BCUT2D eigenvalue weighted by Gasteiger charge is -2.17. The van der Waals surface area contributed by atoms with Crippen molar-refractivity contribution >= 4 is 34.6 Å². The Bertz CT molecular complexity index is 602. The molecule has 0 fully saturated rings. The van der Waals surface area contributed by atoms with E-state index in [1.54, 1.807) is 6.07 Å². The van der Waals surface area contributed by atoms with Crippen molar-refractivity contribution in [3.63, 3.8) is 0 Å². The van der Waals surface area contributed by atoms with Crippen LogP contribution in [0.15, 0.2) is 36.4 Å². The third-order valence-corrected chi connectivity index (χ3v) is 3.34. The Morgan fingerprint density at radius 1 is 1.21 bits per heavy atom. The van der Waals surface area contributed by atoms with Crippen LogP contribution in [0.1, 0.15) is 18.5 Å². The number of halogens is 3. The van der Waals surface area contributed by atoms with Crippen LogP contribution in [0.25, 0.3) is 0 Å². The molecule has 0 saturated heterocycles. The van der Waals surface area contributed by atoms with E-state index in [0.717, 1.165) is 5.56 Å². The lowest BCUT2D eigenvalue weighted by Crippen LogP contribution is -2.08. The summed E-state index contributed by atoms with van der Waals surface area (Å²) >= 11 is 11.6. The number of hydrogen-bond donors (Lipinski definition) is 2. The van der Waals surface area contributed by atoms with Gasteiger partial charge in [-0.15, -0.1) is 0 Å². The fourth-order valence-electron chi connectivity index (χ4n) is 1.78. The quantitative estimate of drug-likeness (QED) is 0.792. The summed E-state index contributed by atoms with van der Waals surface area (Å²) in [5, 5.41) is 3.81. The molecule has 2 aromatic carbocycles. The van der Waals surface area contributed by atoms with E-state index in [4.69, 9.17) is 28.9 Å². The van der Waals surface area contributed by atoms with Gasteiger partial charge >= 0.3 is 0 Å². The summed E-state index contributed by atoms with van der Waals surface area (Å²) in [6, 6.07) is 10.1. The van der Waals surface area contributed by atoms with E-state index in [1.807, 2.05) is 25.1 Å². The van der Waals surface area contributed by atoms with Gasteiger partial charge in [0.2, 0.25) is 0 Å². The number of nitrogens with one attached hydrogen (secondary N) is 1. The molecule has 2 rings (SSSR count). The monoisotopic (exact) mass is 298 g/mol. The highest BCUT2D eigenvalue weighted by atomic mass is 35.5.